The lowest BCUT2D eigenvalue weighted by Crippen LogP contribution is -2.06. The summed E-state index contributed by atoms with van der Waals surface area (Å²) >= 11 is 0. The lowest BCUT2D eigenvalue weighted by Gasteiger charge is -2.10. The van der Waals surface area contributed by atoms with Crippen molar-refractivity contribution in [2.45, 2.75) is 26.7 Å². The standard InChI is InChI=1S/C8H17O/c1-4-8(5-2)7-9-6-3/h8H,3-7H2,1-2H3. The third kappa shape index (κ3) is 4.46. The molecule has 0 amide bonds. The van der Waals surface area contributed by atoms with Gasteiger partial charge in [-0.2, -0.15) is 0 Å². The molecule has 9 heavy (non-hydrogen) atoms. The molecule has 0 aliphatic rings. The molecule has 0 aromatic carbocycles. The Morgan fingerprint density at radius 2 is 1.89 bits per heavy atom. The zero-order valence-corrected chi connectivity index (χ0v) is 6.52. The Kier molecular flexibility index (Phi) is 6.06. The predicted octanol–water partition coefficient (Wildman–Crippen LogP) is 2.27. The molecule has 0 N–H and O–H groups in total. The third-order valence-corrected chi connectivity index (χ3v) is 1.65. The summed E-state index contributed by atoms with van der Waals surface area (Å²) in [6, 6.07) is 0. The van der Waals surface area contributed by atoms with E-state index in [-0.39, 0.29) is 0 Å². The van der Waals surface area contributed by atoms with Crippen molar-refractivity contribution in [1.82, 2.24) is 0 Å². The van der Waals surface area contributed by atoms with Crippen LogP contribution in [0.4, 0.5) is 0 Å². The van der Waals surface area contributed by atoms with Crippen LogP contribution in [0.5, 0.6) is 0 Å². The van der Waals surface area contributed by atoms with Gasteiger partial charge in [-0.15, -0.1) is 0 Å². The van der Waals surface area contributed by atoms with E-state index in [2.05, 4.69) is 20.8 Å². The van der Waals surface area contributed by atoms with Crippen LogP contribution in [0.25, 0.3) is 0 Å². The van der Waals surface area contributed by atoms with E-state index in [1.165, 1.54) is 12.8 Å². The van der Waals surface area contributed by atoms with Gasteiger partial charge in [0.05, 0.1) is 0 Å². The molecule has 1 nitrogen and oxygen atoms in total. The Bertz CT molecular complexity index is 48.5. The highest BCUT2D eigenvalue weighted by atomic mass is 16.5. The molecule has 0 fully saturated rings. The van der Waals surface area contributed by atoms with Gasteiger partial charge in [0.1, 0.15) is 0 Å². The lowest BCUT2D eigenvalue weighted by molar-refractivity contribution is 0.118. The van der Waals surface area contributed by atoms with Crippen LogP contribution in [0, 0.1) is 12.8 Å². The Balaban J connectivity index is 3.09. The molecule has 0 aliphatic heterocycles. The van der Waals surface area contributed by atoms with Crippen molar-refractivity contribution in [2.24, 2.45) is 5.92 Å². The highest BCUT2D eigenvalue weighted by Gasteiger charge is 2.00. The number of hydrogen-bond acceptors (Lipinski definition) is 1. The molecule has 0 spiro atoms. The van der Waals surface area contributed by atoms with Crippen LogP contribution in [-0.4, -0.2) is 13.2 Å². The van der Waals surface area contributed by atoms with E-state index in [1.807, 2.05) is 0 Å². The molecule has 0 heterocycles. The SMILES string of the molecule is [CH2]COCC(CC)CC. The van der Waals surface area contributed by atoms with Crippen LogP contribution in [0.2, 0.25) is 0 Å². The van der Waals surface area contributed by atoms with Gasteiger partial charge in [0.25, 0.3) is 0 Å². The lowest BCUT2D eigenvalue weighted by atomic mass is 10.1. The van der Waals surface area contributed by atoms with Gasteiger partial charge >= 0.3 is 0 Å². The Morgan fingerprint density at radius 1 is 1.33 bits per heavy atom. The fraction of sp³-hybridized carbons (Fsp3) is 0.875. The molecule has 0 saturated heterocycles. The van der Waals surface area contributed by atoms with Gasteiger partial charge in [-0.3, -0.25) is 0 Å². The van der Waals surface area contributed by atoms with E-state index in [0.717, 1.165) is 12.5 Å². The molecule has 0 bridgehead atoms. The van der Waals surface area contributed by atoms with Gasteiger partial charge in [0, 0.05) is 13.2 Å². The molecule has 0 saturated carbocycles. The average Bonchev–Trinajstić information content (AvgIpc) is 1.91. The fourth-order valence-corrected chi connectivity index (χ4v) is 0.774. The summed E-state index contributed by atoms with van der Waals surface area (Å²) in [4.78, 5) is 0. The summed E-state index contributed by atoms with van der Waals surface area (Å²) < 4.78 is 5.17. The molecule has 0 unspecified atom stereocenters. The zero-order valence-electron chi connectivity index (χ0n) is 6.52. The second kappa shape index (κ2) is 6.09. The molecule has 0 aromatic rings. The summed E-state index contributed by atoms with van der Waals surface area (Å²) in [5, 5.41) is 0. The van der Waals surface area contributed by atoms with E-state index >= 15 is 0 Å². The second-order valence-corrected chi connectivity index (χ2v) is 2.26. The van der Waals surface area contributed by atoms with E-state index in [4.69, 9.17) is 4.74 Å². The quantitative estimate of drug-likeness (QED) is 0.553. The highest BCUT2D eigenvalue weighted by molar-refractivity contribution is 4.51. The van der Waals surface area contributed by atoms with Crippen molar-refractivity contribution < 1.29 is 4.74 Å². The third-order valence-electron chi connectivity index (χ3n) is 1.65. The van der Waals surface area contributed by atoms with Crippen molar-refractivity contribution in [3.8, 4) is 0 Å². The summed E-state index contributed by atoms with van der Waals surface area (Å²) in [6.45, 7) is 9.49. The monoisotopic (exact) mass is 129 g/mol. The maximum absolute atomic E-state index is 5.17. The van der Waals surface area contributed by atoms with E-state index < -0.39 is 0 Å². The average molecular weight is 129 g/mol. The van der Waals surface area contributed by atoms with Crippen molar-refractivity contribution in [2.75, 3.05) is 13.2 Å². The molecule has 0 aromatic heterocycles. The minimum absolute atomic E-state index is 0.608. The molecule has 0 rings (SSSR count). The Hall–Kier alpha value is -0.0400. The first-order valence-corrected chi connectivity index (χ1v) is 3.72. The van der Waals surface area contributed by atoms with Crippen molar-refractivity contribution in [1.29, 1.82) is 0 Å². The normalized spacial score (nSPS) is 10.7. The molecular weight excluding hydrogens is 112 g/mol. The van der Waals surface area contributed by atoms with Crippen molar-refractivity contribution in [3.05, 3.63) is 6.92 Å². The second-order valence-electron chi connectivity index (χ2n) is 2.26. The molecule has 1 heteroatoms. The van der Waals surface area contributed by atoms with Crippen LogP contribution >= 0.6 is 0 Å². The molecule has 0 atom stereocenters. The van der Waals surface area contributed by atoms with Crippen LogP contribution in [0.3, 0.4) is 0 Å². The molecule has 55 valence electrons. The maximum Gasteiger partial charge on any atom is 0.0494 e. The van der Waals surface area contributed by atoms with E-state index in [9.17, 15) is 0 Å². The van der Waals surface area contributed by atoms with Gasteiger partial charge < -0.3 is 4.74 Å². The summed E-state index contributed by atoms with van der Waals surface area (Å²) in [7, 11) is 0. The van der Waals surface area contributed by atoms with Gasteiger partial charge in [0.15, 0.2) is 0 Å². The first-order chi connectivity index (χ1) is 4.35. The fourth-order valence-electron chi connectivity index (χ4n) is 0.774. The highest BCUT2D eigenvalue weighted by Crippen LogP contribution is 2.06. The Labute approximate surface area is 58.4 Å². The zero-order chi connectivity index (χ0) is 7.11. The van der Waals surface area contributed by atoms with Gasteiger partial charge in [-0.25, -0.2) is 0 Å². The summed E-state index contributed by atoms with van der Waals surface area (Å²) in [6.07, 6.45) is 2.44. The van der Waals surface area contributed by atoms with E-state index in [1.54, 1.807) is 0 Å². The minimum Gasteiger partial charge on any atom is -0.381 e. The molecule has 1 radical (unpaired) electrons. The van der Waals surface area contributed by atoms with Gasteiger partial charge in [-0.05, 0) is 12.8 Å². The topological polar surface area (TPSA) is 9.23 Å². The number of hydrogen-bond donors (Lipinski definition) is 0. The van der Waals surface area contributed by atoms with E-state index in [0.29, 0.717) is 6.61 Å². The van der Waals surface area contributed by atoms with Gasteiger partial charge in [-0.1, -0.05) is 26.7 Å². The minimum atomic E-state index is 0.608. The largest absolute Gasteiger partial charge is 0.381 e. The maximum atomic E-state index is 5.17. The number of rotatable bonds is 5. The Morgan fingerprint density at radius 3 is 2.22 bits per heavy atom. The van der Waals surface area contributed by atoms with Crippen LogP contribution < -0.4 is 0 Å². The van der Waals surface area contributed by atoms with Crippen LogP contribution in [-0.2, 0) is 4.74 Å². The van der Waals surface area contributed by atoms with Gasteiger partial charge in [0.2, 0.25) is 0 Å². The molecule has 0 aliphatic carbocycles. The number of ether oxygens (including phenoxy) is 1. The van der Waals surface area contributed by atoms with Crippen LogP contribution in [0.1, 0.15) is 26.7 Å². The predicted molar refractivity (Wildman–Crippen MR) is 40.2 cm³/mol. The van der Waals surface area contributed by atoms with Crippen molar-refractivity contribution >= 4 is 0 Å². The smallest absolute Gasteiger partial charge is 0.0494 e. The molecular formula is C8H17O. The first kappa shape index (κ1) is 8.96. The van der Waals surface area contributed by atoms with Crippen molar-refractivity contribution in [3.63, 3.8) is 0 Å². The first-order valence-electron chi connectivity index (χ1n) is 3.72. The summed E-state index contributed by atoms with van der Waals surface area (Å²) in [5.41, 5.74) is 0. The van der Waals surface area contributed by atoms with Crippen LogP contribution in [0.15, 0.2) is 0 Å². The summed E-state index contributed by atoms with van der Waals surface area (Å²) in [5.74, 6) is 0.742.